The first-order valence-electron chi connectivity index (χ1n) is 3.95. The summed E-state index contributed by atoms with van der Waals surface area (Å²) in [7, 11) is 0. The van der Waals surface area contributed by atoms with Crippen molar-refractivity contribution in [3.8, 4) is 0 Å². The molecule has 0 bridgehead atoms. The summed E-state index contributed by atoms with van der Waals surface area (Å²) in [6, 6.07) is 0. The van der Waals surface area contributed by atoms with E-state index in [1.54, 1.807) is 0 Å². The number of hydrogen-bond donors (Lipinski definition) is 0. The van der Waals surface area contributed by atoms with Gasteiger partial charge >= 0.3 is 0 Å². The van der Waals surface area contributed by atoms with Crippen LogP contribution in [0.25, 0.3) is 0 Å². The third-order valence-corrected chi connectivity index (χ3v) is 2.55. The summed E-state index contributed by atoms with van der Waals surface area (Å²) >= 11 is 0. The van der Waals surface area contributed by atoms with Crippen molar-refractivity contribution in [2.75, 3.05) is 0 Å². The molecule has 0 unspecified atom stereocenters. The third kappa shape index (κ3) is 1.28. The predicted octanol–water partition coefficient (Wildman–Crippen LogP) is 2.62. The smallest absolute Gasteiger partial charge is 0.0407 e. The van der Waals surface area contributed by atoms with E-state index in [9.17, 15) is 0 Å². The Morgan fingerprint density at radius 1 is 0.636 bits per heavy atom. The molecule has 0 N–H and O–H groups in total. The molecule has 0 spiro atoms. The highest BCUT2D eigenvalue weighted by Crippen LogP contribution is 2.16. The Kier molecular flexibility index (Phi) is 1.99. The van der Waals surface area contributed by atoms with Gasteiger partial charge in [-0.25, -0.2) is 0 Å². The van der Waals surface area contributed by atoms with E-state index in [0.717, 1.165) is 11.4 Å². The molecule has 0 aliphatic rings. The molecule has 0 radical (unpaired) electrons. The lowest BCUT2D eigenvalue weighted by Crippen LogP contribution is -1.98. The average molecular weight is 149 g/mol. The van der Waals surface area contributed by atoms with Gasteiger partial charge in [-0.2, -0.15) is 0 Å². The van der Waals surface area contributed by atoms with Gasteiger partial charge in [0, 0.05) is 11.4 Å². The summed E-state index contributed by atoms with van der Waals surface area (Å²) in [6.07, 6.45) is 0. The fourth-order valence-corrected chi connectivity index (χ4v) is 1.24. The third-order valence-electron chi connectivity index (χ3n) is 2.55. The van der Waals surface area contributed by atoms with Gasteiger partial charge in [0.15, 0.2) is 0 Å². The van der Waals surface area contributed by atoms with Crippen LogP contribution in [0.2, 0.25) is 0 Å². The van der Waals surface area contributed by atoms with Crippen molar-refractivity contribution in [1.29, 1.82) is 0 Å². The second-order valence-electron chi connectivity index (χ2n) is 3.16. The topological polar surface area (TPSA) is 12.9 Å². The minimum atomic E-state index is 1.16. The number of pyridine rings is 1. The molecule has 0 aromatic carbocycles. The maximum absolute atomic E-state index is 4.43. The number of aryl methyl sites for hydroxylation is 2. The van der Waals surface area contributed by atoms with Gasteiger partial charge < -0.3 is 0 Å². The molecule has 1 rings (SSSR count). The molecule has 1 aromatic rings. The fraction of sp³-hybridized carbons (Fsp3) is 0.500. The molecule has 60 valence electrons. The van der Waals surface area contributed by atoms with Crippen LogP contribution in [0.15, 0.2) is 0 Å². The zero-order valence-corrected chi connectivity index (χ0v) is 7.95. The standard InChI is InChI=1S/C10H15N/c1-6-7(2)9(4)11-10(5)8(6)3/h1-5H3. The SMILES string of the molecule is Cc1nc(C)c(C)c(C)c1C. The van der Waals surface area contributed by atoms with E-state index in [1.807, 2.05) is 0 Å². The Balaban J connectivity index is 3.46. The summed E-state index contributed by atoms with van der Waals surface area (Å²) in [4.78, 5) is 4.43. The van der Waals surface area contributed by atoms with Crippen LogP contribution < -0.4 is 0 Å². The Morgan fingerprint density at radius 2 is 1.00 bits per heavy atom. The van der Waals surface area contributed by atoms with Crippen molar-refractivity contribution >= 4 is 0 Å². The minimum Gasteiger partial charge on any atom is -0.258 e. The zero-order chi connectivity index (χ0) is 8.59. The lowest BCUT2D eigenvalue weighted by atomic mass is 10.0. The van der Waals surface area contributed by atoms with Gasteiger partial charge in [-0.3, -0.25) is 4.98 Å². The van der Waals surface area contributed by atoms with Gasteiger partial charge in [0.05, 0.1) is 0 Å². The highest BCUT2D eigenvalue weighted by molar-refractivity contribution is 5.36. The van der Waals surface area contributed by atoms with Crippen LogP contribution in [0, 0.1) is 34.6 Å². The van der Waals surface area contributed by atoms with E-state index in [4.69, 9.17) is 0 Å². The molecule has 1 aromatic heterocycles. The largest absolute Gasteiger partial charge is 0.258 e. The van der Waals surface area contributed by atoms with Crippen molar-refractivity contribution in [3.63, 3.8) is 0 Å². The molecule has 0 amide bonds. The number of rotatable bonds is 0. The molecule has 0 fully saturated rings. The van der Waals surface area contributed by atoms with Gasteiger partial charge in [-0.15, -0.1) is 0 Å². The van der Waals surface area contributed by atoms with Crippen molar-refractivity contribution in [2.45, 2.75) is 34.6 Å². The molecule has 0 atom stereocenters. The van der Waals surface area contributed by atoms with Crippen LogP contribution in [0.4, 0.5) is 0 Å². The summed E-state index contributed by atoms with van der Waals surface area (Å²) in [6.45, 7) is 10.5. The van der Waals surface area contributed by atoms with Crippen LogP contribution in [-0.4, -0.2) is 4.98 Å². The zero-order valence-electron chi connectivity index (χ0n) is 7.95. The molecule has 0 aliphatic carbocycles. The van der Waals surface area contributed by atoms with Crippen LogP contribution in [0.1, 0.15) is 28.1 Å². The van der Waals surface area contributed by atoms with E-state index in [-0.39, 0.29) is 0 Å². The second kappa shape index (κ2) is 2.65. The highest BCUT2D eigenvalue weighted by Gasteiger charge is 2.03. The van der Waals surface area contributed by atoms with Crippen molar-refractivity contribution in [2.24, 2.45) is 0 Å². The highest BCUT2D eigenvalue weighted by atomic mass is 14.7. The molecule has 0 saturated carbocycles. The van der Waals surface area contributed by atoms with Gasteiger partial charge in [0.2, 0.25) is 0 Å². The van der Waals surface area contributed by atoms with E-state index in [1.165, 1.54) is 16.7 Å². The molecule has 1 nitrogen and oxygen atoms in total. The van der Waals surface area contributed by atoms with Crippen molar-refractivity contribution < 1.29 is 0 Å². The number of aromatic nitrogens is 1. The Morgan fingerprint density at radius 3 is 1.36 bits per heavy atom. The van der Waals surface area contributed by atoms with Gasteiger partial charge in [0.1, 0.15) is 0 Å². The first kappa shape index (κ1) is 8.25. The lowest BCUT2D eigenvalue weighted by Gasteiger charge is -2.09. The Bertz CT molecular complexity index is 261. The first-order chi connectivity index (χ1) is 5.04. The Labute approximate surface area is 68.5 Å². The van der Waals surface area contributed by atoms with E-state index in [2.05, 4.69) is 39.6 Å². The summed E-state index contributed by atoms with van der Waals surface area (Å²) in [5.74, 6) is 0. The summed E-state index contributed by atoms with van der Waals surface area (Å²) in [5.41, 5.74) is 6.35. The summed E-state index contributed by atoms with van der Waals surface area (Å²) < 4.78 is 0. The van der Waals surface area contributed by atoms with Crippen LogP contribution in [-0.2, 0) is 0 Å². The molecular weight excluding hydrogens is 134 g/mol. The van der Waals surface area contributed by atoms with E-state index < -0.39 is 0 Å². The van der Waals surface area contributed by atoms with Crippen LogP contribution in [0.3, 0.4) is 0 Å². The van der Waals surface area contributed by atoms with Gasteiger partial charge in [-0.1, -0.05) is 0 Å². The molecule has 11 heavy (non-hydrogen) atoms. The maximum Gasteiger partial charge on any atom is 0.0407 e. The fourth-order valence-electron chi connectivity index (χ4n) is 1.24. The van der Waals surface area contributed by atoms with E-state index >= 15 is 0 Å². The van der Waals surface area contributed by atoms with Gasteiger partial charge in [0.25, 0.3) is 0 Å². The molecule has 0 saturated heterocycles. The number of hydrogen-bond acceptors (Lipinski definition) is 1. The van der Waals surface area contributed by atoms with Crippen LogP contribution in [0.5, 0.6) is 0 Å². The lowest BCUT2D eigenvalue weighted by molar-refractivity contribution is 1.03. The molecule has 1 heteroatoms. The summed E-state index contributed by atoms with van der Waals surface area (Å²) in [5, 5.41) is 0. The molecule has 0 aliphatic heterocycles. The average Bonchev–Trinajstić information content (AvgIpc) is 1.97. The predicted molar refractivity (Wildman–Crippen MR) is 47.9 cm³/mol. The van der Waals surface area contributed by atoms with Crippen LogP contribution >= 0.6 is 0 Å². The van der Waals surface area contributed by atoms with E-state index in [0.29, 0.717) is 0 Å². The quantitative estimate of drug-likeness (QED) is 0.552. The number of nitrogens with zero attached hydrogens (tertiary/aromatic N) is 1. The second-order valence-corrected chi connectivity index (χ2v) is 3.16. The minimum absolute atomic E-state index is 1.16. The van der Waals surface area contributed by atoms with Crippen molar-refractivity contribution in [3.05, 3.63) is 28.1 Å². The Hall–Kier alpha value is -0.850. The molecule has 1 heterocycles. The monoisotopic (exact) mass is 149 g/mol. The normalized spacial score (nSPS) is 10.3. The maximum atomic E-state index is 4.43. The van der Waals surface area contributed by atoms with Gasteiger partial charge in [-0.05, 0) is 51.3 Å². The molecular formula is C10H15N. The first-order valence-corrected chi connectivity index (χ1v) is 3.95. The van der Waals surface area contributed by atoms with Crippen molar-refractivity contribution in [1.82, 2.24) is 4.98 Å².